The van der Waals surface area contributed by atoms with Crippen molar-refractivity contribution >= 4 is 21.2 Å². The molecule has 3 rings (SSSR count). The maximum Gasteiger partial charge on any atom is 0.243 e. The average Bonchev–Trinajstić information content (AvgIpc) is 3.10. The molecule has 2 aromatic heterocycles. The fraction of sp³-hybridized carbons (Fsp3) is 0.0833. The number of aromatic nitrogens is 4. The minimum absolute atomic E-state index is 0.0587. The van der Waals surface area contributed by atoms with Crippen molar-refractivity contribution in [2.24, 2.45) is 0 Å². The number of hydrogen-bond donors (Lipinski definition) is 1. The highest BCUT2D eigenvalue weighted by Crippen LogP contribution is 2.28. The standard InChI is InChI=1S/C12H8F2N4O2S2/c13-7-2-1-3-8(14)11(7)9-4-21-10(17-9)5-22(19,20)12-15-6-16-18-12/h1-4,6H,5H2,(H,15,16,18). The van der Waals surface area contributed by atoms with Crippen LogP contribution in [0.1, 0.15) is 5.01 Å². The van der Waals surface area contributed by atoms with Crippen LogP contribution in [0.2, 0.25) is 0 Å². The van der Waals surface area contributed by atoms with Gasteiger partial charge in [-0.2, -0.15) is 5.10 Å². The Bertz CT molecular complexity index is 887. The molecule has 0 fully saturated rings. The fourth-order valence-electron chi connectivity index (χ4n) is 1.81. The molecule has 114 valence electrons. The summed E-state index contributed by atoms with van der Waals surface area (Å²) >= 11 is 1.00. The van der Waals surface area contributed by atoms with Gasteiger partial charge in [0.25, 0.3) is 0 Å². The topological polar surface area (TPSA) is 88.6 Å². The van der Waals surface area contributed by atoms with Crippen molar-refractivity contribution in [3.63, 3.8) is 0 Å². The summed E-state index contributed by atoms with van der Waals surface area (Å²) in [5.74, 6) is -1.94. The van der Waals surface area contributed by atoms with Gasteiger partial charge in [0.1, 0.15) is 28.7 Å². The second kappa shape index (κ2) is 5.54. The number of benzene rings is 1. The van der Waals surface area contributed by atoms with E-state index >= 15 is 0 Å². The maximum absolute atomic E-state index is 13.7. The third kappa shape index (κ3) is 2.74. The zero-order valence-electron chi connectivity index (χ0n) is 10.8. The van der Waals surface area contributed by atoms with Gasteiger partial charge in [0.2, 0.25) is 15.0 Å². The number of halogens is 2. The van der Waals surface area contributed by atoms with Crippen molar-refractivity contribution in [3.8, 4) is 11.3 Å². The van der Waals surface area contributed by atoms with Crippen molar-refractivity contribution in [1.29, 1.82) is 0 Å². The minimum Gasteiger partial charge on any atom is -0.250 e. The van der Waals surface area contributed by atoms with E-state index in [0.717, 1.165) is 29.8 Å². The van der Waals surface area contributed by atoms with Gasteiger partial charge >= 0.3 is 0 Å². The number of hydrogen-bond acceptors (Lipinski definition) is 6. The number of aromatic amines is 1. The van der Waals surface area contributed by atoms with Gasteiger partial charge in [0, 0.05) is 5.38 Å². The van der Waals surface area contributed by atoms with Gasteiger partial charge in [-0.15, -0.1) is 11.3 Å². The maximum atomic E-state index is 13.7. The number of nitrogens with one attached hydrogen (secondary N) is 1. The van der Waals surface area contributed by atoms with Crippen LogP contribution in [0.4, 0.5) is 8.78 Å². The molecule has 0 saturated heterocycles. The van der Waals surface area contributed by atoms with E-state index in [1.54, 1.807) is 0 Å². The van der Waals surface area contributed by atoms with Crippen molar-refractivity contribution < 1.29 is 17.2 Å². The zero-order chi connectivity index (χ0) is 15.7. The molecule has 22 heavy (non-hydrogen) atoms. The average molecular weight is 342 g/mol. The van der Waals surface area contributed by atoms with Crippen LogP contribution >= 0.6 is 11.3 Å². The van der Waals surface area contributed by atoms with E-state index < -0.39 is 27.2 Å². The molecule has 10 heteroatoms. The largest absolute Gasteiger partial charge is 0.250 e. The number of nitrogens with zero attached hydrogens (tertiary/aromatic N) is 3. The summed E-state index contributed by atoms with van der Waals surface area (Å²) in [6, 6.07) is 3.47. The van der Waals surface area contributed by atoms with Crippen molar-refractivity contribution in [1.82, 2.24) is 20.2 Å². The number of sulfone groups is 1. The van der Waals surface area contributed by atoms with E-state index in [9.17, 15) is 17.2 Å². The molecule has 0 atom stereocenters. The van der Waals surface area contributed by atoms with E-state index in [-0.39, 0.29) is 21.4 Å². The lowest BCUT2D eigenvalue weighted by molar-refractivity contribution is 0.587. The van der Waals surface area contributed by atoms with Crippen LogP contribution < -0.4 is 0 Å². The lowest BCUT2D eigenvalue weighted by atomic mass is 10.1. The monoisotopic (exact) mass is 342 g/mol. The fourth-order valence-corrected chi connectivity index (χ4v) is 4.04. The Hall–Kier alpha value is -2.20. The summed E-state index contributed by atoms with van der Waals surface area (Å²) < 4.78 is 51.4. The third-order valence-corrected chi connectivity index (χ3v) is 5.24. The van der Waals surface area contributed by atoms with Gasteiger partial charge in [-0.05, 0) is 12.1 Å². The number of H-pyrrole nitrogens is 1. The Morgan fingerprint density at radius 2 is 1.95 bits per heavy atom. The van der Waals surface area contributed by atoms with Crippen LogP contribution in [0.15, 0.2) is 35.1 Å². The molecule has 0 unspecified atom stereocenters. The van der Waals surface area contributed by atoms with Crippen LogP contribution in [0.3, 0.4) is 0 Å². The first-order valence-electron chi connectivity index (χ1n) is 5.94. The molecule has 0 aliphatic heterocycles. The highest BCUT2D eigenvalue weighted by Gasteiger charge is 2.22. The Morgan fingerprint density at radius 3 is 2.59 bits per heavy atom. The van der Waals surface area contributed by atoms with Gasteiger partial charge in [0.05, 0.1) is 11.3 Å². The van der Waals surface area contributed by atoms with E-state index in [1.165, 1.54) is 11.4 Å². The van der Waals surface area contributed by atoms with Crippen molar-refractivity contribution in [2.75, 3.05) is 0 Å². The first-order valence-corrected chi connectivity index (χ1v) is 8.47. The van der Waals surface area contributed by atoms with Gasteiger partial charge in [-0.1, -0.05) is 6.07 Å². The highest BCUT2D eigenvalue weighted by atomic mass is 32.2. The van der Waals surface area contributed by atoms with Gasteiger partial charge in [0.15, 0.2) is 0 Å². The molecule has 2 heterocycles. The molecule has 1 aromatic carbocycles. The predicted molar refractivity (Wildman–Crippen MR) is 74.7 cm³/mol. The summed E-state index contributed by atoms with van der Waals surface area (Å²) in [5, 5.41) is 7.07. The number of thiazole rings is 1. The molecule has 6 nitrogen and oxygen atoms in total. The smallest absolute Gasteiger partial charge is 0.243 e. The lowest BCUT2D eigenvalue weighted by Gasteiger charge is -2.00. The van der Waals surface area contributed by atoms with E-state index in [2.05, 4.69) is 20.2 Å². The highest BCUT2D eigenvalue weighted by molar-refractivity contribution is 7.90. The molecule has 0 saturated carbocycles. The summed E-state index contributed by atoms with van der Waals surface area (Å²) in [4.78, 5) is 7.57. The van der Waals surface area contributed by atoms with Crippen molar-refractivity contribution in [2.45, 2.75) is 10.9 Å². The molecule has 0 amide bonds. The van der Waals surface area contributed by atoms with E-state index in [1.807, 2.05) is 0 Å². The minimum atomic E-state index is -3.73. The first-order chi connectivity index (χ1) is 10.5. The SMILES string of the molecule is O=S(=O)(Cc1nc(-c2c(F)cccc2F)cs1)c1ncn[nH]1. The van der Waals surface area contributed by atoms with Crippen LogP contribution in [0, 0.1) is 11.6 Å². The van der Waals surface area contributed by atoms with Crippen LogP contribution in [0.25, 0.3) is 11.3 Å². The van der Waals surface area contributed by atoms with Crippen LogP contribution in [0.5, 0.6) is 0 Å². The molecule has 0 radical (unpaired) electrons. The molecule has 0 spiro atoms. The molecule has 1 N–H and O–H groups in total. The number of rotatable bonds is 4. The molecular formula is C12H8F2N4O2S2. The Labute approximate surface area is 127 Å². The summed E-state index contributed by atoms with van der Waals surface area (Å²) in [6.45, 7) is 0. The molecule has 0 aliphatic carbocycles. The van der Waals surface area contributed by atoms with Crippen LogP contribution in [-0.4, -0.2) is 28.6 Å². The lowest BCUT2D eigenvalue weighted by Crippen LogP contribution is -2.07. The quantitative estimate of drug-likeness (QED) is 0.785. The summed E-state index contributed by atoms with van der Waals surface area (Å²) in [5.41, 5.74) is -0.217. The predicted octanol–water partition coefficient (Wildman–Crippen LogP) is 2.18. The summed E-state index contributed by atoms with van der Waals surface area (Å²) in [7, 11) is -3.73. The molecule has 3 aromatic rings. The van der Waals surface area contributed by atoms with Gasteiger partial charge in [-0.25, -0.2) is 27.2 Å². The summed E-state index contributed by atoms with van der Waals surface area (Å²) in [6.07, 6.45) is 1.08. The molecule has 0 aliphatic rings. The Balaban J connectivity index is 1.92. The normalized spacial score (nSPS) is 11.7. The molecular weight excluding hydrogens is 334 g/mol. The van der Waals surface area contributed by atoms with Gasteiger partial charge in [-0.3, -0.25) is 5.10 Å². The molecule has 0 bridgehead atoms. The van der Waals surface area contributed by atoms with E-state index in [4.69, 9.17) is 0 Å². The zero-order valence-corrected chi connectivity index (χ0v) is 12.5. The van der Waals surface area contributed by atoms with Crippen LogP contribution in [-0.2, 0) is 15.6 Å². The Morgan fingerprint density at radius 1 is 1.23 bits per heavy atom. The first kappa shape index (κ1) is 14.7. The second-order valence-corrected chi connectivity index (χ2v) is 7.12. The Kier molecular flexibility index (Phi) is 3.71. The van der Waals surface area contributed by atoms with Crippen molar-refractivity contribution in [3.05, 3.63) is 46.5 Å². The third-order valence-electron chi connectivity index (χ3n) is 2.77. The second-order valence-electron chi connectivity index (χ2n) is 4.27. The van der Waals surface area contributed by atoms with E-state index in [0.29, 0.717) is 0 Å². The van der Waals surface area contributed by atoms with Gasteiger partial charge < -0.3 is 0 Å².